The first-order valence-electron chi connectivity index (χ1n) is 8.57. The van der Waals surface area contributed by atoms with Crippen LogP contribution < -0.4 is 5.32 Å². The van der Waals surface area contributed by atoms with Gasteiger partial charge in [-0.05, 0) is 49.2 Å². The van der Waals surface area contributed by atoms with Gasteiger partial charge < -0.3 is 19.9 Å². The van der Waals surface area contributed by atoms with Crippen molar-refractivity contribution in [2.24, 2.45) is 0 Å². The van der Waals surface area contributed by atoms with Crippen molar-refractivity contribution < 1.29 is 4.74 Å². The van der Waals surface area contributed by atoms with Crippen molar-refractivity contribution in [3.63, 3.8) is 0 Å². The second-order valence-electron chi connectivity index (χ2n) is 6.35. The van der Waals surface area contributed by atoms with Crippen molar-refractivity contribution in [2.75, 3.05) is 26.2 Å². The van der Waals surface area contributed by atoms with Gasteiger partial charge in [0.25, 0.3) is 0 Å². The molecule has 0 bridgehead atoms. The van der Waals surface area contributed by atoms with Gasteiger partial charge in [-0.25, -0.2) is 4.98 Å². The molecule has 0 aromatic carbocycles. The molecule has 0 amide bonds. The number of aromatic nitrogens is 2. The van der Waals surface area contributed by atoms with E-state index in [9.17, 15) is 0 Å². The van der Waals surface area contributed by atoms with Crippen LogP contribution in [0, 0.1) is 0 Å². The van der Waals surface area contributed by atoms with Crippen molar-refractivity contribution in [2.45, 2.75) is 25.4 Å². The summed E-state index contributed by atoms with van der Waals surface area (Å²) in [5.41, 5.74) is 3.58. The molecule has 126 valence electrons. The highest BCUT2D eigenvalue weighted by Gasteiger charge is 2.19. The fraction of sp³-hybridized carbons (Fsp3) is 0.444. The van der Waals surface area contributed by atoms with Crippen LogP contribution in [0.25, 0.3) is 16.6 Å². The molecule has 4 rings (SSSR count). The summed E-state index contributed by atoms with van der Waals surface area (Å²) in [5, 5.41) is 5.39. The Balaban J connectivity index is 1.38. The third-order valence-electron chi connectivity index (χ3n) is 4.80. The SMILES string of the molecule is S=C(NCC1CCCO1)N1CC=C(c2c[nH]c3ncccc23)CC1. The Kier molecular flexibility index (Phi) is 4.49. The fourth-order valence-electron chi connectivity index (χ4n) is 3.44. The van der Waals surface area contributed by atoms with E-state index in [1.165, 1.54) is 16.5 Å². The molecule has 2 aliphatic rings. The van der Waals surface area contributed by atoms with Crippen LogP contribution in [0.2, 0.25) is 0 Å². The number of hydrogen-bond donors (Lipinski definition) is 2. The van der Waals surface area contributed by atoms with Gasteiger partial charge in [-0.3, -0.25) is 0 Å². The van der Waals surface area contributed by atoms with E-state index >= 15 is 0 Å². The van der Waals surface area contributed by atoms with Gasteiger partial charge in [0.05, 0.1) is 6.10 Å². The molecule has 0 spiro atoms. The largest absolute Gasteiger partial charge is 0.376 e. The molecule has 0 saturated carbocycles. The quantitative estimate of drug-likeness (QED) is 0.840. The summed E-state index contributed by atoms with van der Waals surface area (Å²) in [6, 6.07) is 4.11. The number of aromatic amines is 1. The first-order valence-corrected chi connectivity index (χ1v) is 8.98. The molecule has 2 aromatic rings. The van der Waals surface area contributed by atoms with Gasteiger partial charge in [0.2, 0.25) is 0 Å². The van der Waals surface area contributed by atoms with Crippen LogP contribution in [-0.4, -0.2) is 52.3 Å². The normalized spacial score (nSPS) is 21.1. The number of rotatable bonds is 3. The molecule has 0 radical (unpaired) electrons. The Bertz CT molecular complexity index is 763. The van der Waals surface area contributed by atoms with Crippen LogP contribution in [-0.2, 0) is 4.74 Å². The molecule has 2 aliphatic heterocycles. The first kappa shape index (κ1) is 15.6. The predicted octanol–water partition coefficient (Wildman–Crippen LogP) is 2.71. The van der Waals surface area contributed by atoms with Gasteiger partial charge in [-0.2, -0.15) is 0 Å². The average Bonchev–Trinajstić information content (AvgIpc) is 3.29. The highest BCUT2D eigenvalue weighted by Crippen LogP contribution is 2.28. The third kappa shape index (κ3) is 3.16. The number of nitrogens with zero attached hydrogens (tertiary/aromatic N) is 2. The monoisotopic (exact) mass is 342 g/mol. The molecule has 24 heavy (non-hydrogen) atoms. The van der Waals surface area contributed by atoms with Gasteiger partial charge >= 0.3 is 0 Å². The van der Waals surface area contributed by atoms with Crippen LogP contribution in [0.1, 0.15) is 24.8 Å². The van der Waals surface area contributed by atoms with Crippen molar-refractivity contribution in [3.05, 3.63) is 36.2 Å². The number of ether oxygens (including phenoxy) is 1. The van der Waals surface area contributed by atoms with E-state index in [4.69, 9.17) is 17.0 Å². The minimum atomic E-state index is 0.317. The van der Waals surface area contributed by atoms with Gasteiger partial charge in [0.15, 0.2) is 5.11 Å². The van der Waals surface area contributed by atoms with Crippen molar-refractivity contribution in [1.82, 2.24) is 20.2 Å². The maximum absolute atomic E-state index is 5.64. The third-order valence-corrected chi connectivity index (χ3v) is 5.20. The molecule has 5 nitrogen and oxygen atoms in total. The van der Waals surface area contributed by atoms with Crippen molar-refractivity contribution >= 4 is 33.9 Å². The van der Waals surface area contributed by atoms with Gasteiger partial charge in [-0.1, -0.05) is 6.08 Å². The lowest BCUT2D eigenvalue weighted by molar-refractivity contribution is 0.113. The number of thiocarbonyl (C=S) groups is 1. The molecule has 1 unspecified atom stereocenters. The highest BCUT2D eigenvalue weighted by molar-refractivity contribution is 7.80. The van der Waals surface area contributed by atoms with E-state index in [-0.39, 0.29) is 0 Å². The summed E-state index contributed by atoms with van der Waals surface area (Å²) in [6.07, 6.45) is 9.76. The Hall–Kier alpha value is -1.92. The topological polar surface area (TPSA) is 53.2 Å². The number of hydrogen-bond acceptors (Lipinski definition) is 3. The van der Waals surface area contributed by atoms with E-state index in [0.29, 0.717) is 6.10 Å². The lowest BCUT2D eigenvalue weighted by Crippen LogP contribution is -2.44. The molecule has 1 fully saturated rings. The van der Waals surface area contributed by atoms with Crippen LogP contribution in [0.3, 0.4) is 0 Å². The molecule has 1 saturated heterocycles. The van der Waals surface area contributed by atoms with Crippen LogP contribution in [0.5, 0.6) is 0 Å². The zero-order chi connectivity index (χ0) is 16.4. The second-order valence-corrected chi connectivity index (χ2v) is 6.74. The van der Waals surface area contributed by atoms with Crippen LogP contribution in [0.4, 0.5) is 0 Å². The number of pyridine rings is 1. The lowest BCUT2D eigenvalue weighted by Gasteiger charge is -2.29. The maximum Gasteiger partial charge on any atom is 0.169 e. The molecule has 2 aromatic heterocycles. The molecule has 1 atom stereocenters. The summed E-state index contributed by atoms with van der Waals surface area (Å²) in [7, 11) is 0. The molecular formula is C18H22N4OS. The average molecular weight is 342 g/mol. The summed E-state index contributed by atoms with van der Waals surface area (Å²) >= 11 is 5.54. The Morgan fingerprint density at radius 3 is 3.25 bits per heavy atom. The van der Waals surface area contributed by atoms with Gasteiger partial charge in [-0.15, -0.1) is 0 Å². The molecule has 4 heterocycles. The Labute approximate surface area is 147 Å². The summed E-state index contributed by atoms with van der Waals surface area (Å²) in [5.74, 6) is 0. The van der Waals surface area contributed by atoms with E-state index in [2.05, 4.69) is 38.5 Å². The zero-order valence-corrected chi connectivity index (χ0v) is 14.4. The van der Waals surface area contributed by atoms with Gasteiger partial charge in [0, 0.05) is 49.6 Å². The fourth-order valence-corrected chi connectivity index (χ4v) is 3.69. The summed E-state index contributed by atoms with van der Waals surface area (Å²) < 4.78 is 5.64. The predicted molar refractivity (Wildman–Crippen MR) is 99.8 cm³/mol. The maximum atomic E-state index is 5.64. The number of H-pyrrole nitrogens is 1. The lowest BCUT2D eigenvalue weighted by atomic mass is 10.00. The molecular weight excluding hydrogens is 320 g/mol. The smallest absolute Gasteiger partial charge is 0.169 e. The highest BCUT2D eigenvalue weighted by atomic mass is 32.1. The van der Waals surface area contributed by atoms with Gasteiger partial charge in [0.1, 0.15) is 5.65 Å². The number of fused-ring (bicyclic) bond motifs is 1. The second kappa shape index (κ2) is 6.91. The Morgan fingerprint density at radius 2 is 2.46 bits per heavy atom. The minimum absolute atomic E-state index is 0.317. The van der Waals surface area contributed by atoms with E-state index < -0.39 is 0 Å². The van der Waals surface area contributed by atoms with E-state index in [1.807, 2.05) is 12.3 Å². The van der Waals surface area contributed by atoms with E-state index in [1.54, 1.807) is 0 Å². The first-order chi connectivity index (χ1) is 11.8. The van der Waals surface area contributed by atoms with Crippen molar-refractivity contribution in [1.29, 1.82) is 0 Å². The number of nitrogens with one attached hydrogen (secondary N) is 2. The van der Waals surface area contributed by atoms with Crippen LogP contribution in [0.15, 0.2) is 30.6 Å². The van der Waals surface area contributed by atoms with Crippen molar-refractivity contribution in [3.8, 4) is 0 Å². The standard InChI is InChI=1S/C18H22N4OS/c24-18(21-11-14-3-2-10-23-14)22-8-5-13(6-9-22)16-12-20-17-15(16)4-1-7-19-17/h1,4-5,7,12,14H,2-3,6,8-11H2,(H,19,20)(H,21,24). The molecule has 0 aliphatic carbocycles. The minimum Gasteiger partial charge on any atom is -0.376 e. The Morgan fingerprint density at radius 1 is 1.50 bits per heavy atom. The zero-order valence-electron chi connectivity index (χ0n) is 13.6. The van der Waals surface area contributed by atoms with Crippen LogP contribution >= 0.6 is 12.2 Å². The summed E-state index contributed by atoms with van der Waals surface area (Å²) in [4.78, 5) is 9.84. The summed E-state index contributed by atoms with van der Waals surface area (Å²) in [6.45, 7) is 3.49. The van der Waals surface area contributed by atoms with E-state index in [0.717, 1.165) is 56.3 Å². The molecule has 6 heteroatoms. The molecule has 2 N–H and O–H groups in total.